The van der Waals surface area contributed by atoms with Gasteiger partial charge in [0.25, 0.3) is 0 Å². The first kappa shape index (κ1) is 15.2. The third-order valence-corrected chi connectivity index (χ3v) is 3.74. The summed E-state index contributed by atoms with van der Waals surface area (Å²) in [6, 6.07) is 14.4. The van der Waals surface area contributed by atoms with E-state index in [1.807, 2.05) is 38.4 Å². The van der Waals surface area contributed by atoms with Gasteiger partial charge in [0.15, 0.2) is 0 Å². The summed E-state index contributed by atoms with van der Waals surface area (Å²) in [5.74, 6) is 7.44. The van der Waals surface area contributed by atoms with E-state index >= 15 is 0 Å². The fourth-order valence-electron chi connectivity index (χ4n) is 2.55. The summed E-state index contributed by atoms with van der Waals surface area (Å²) in [5.41, 5.74) is 5.28. The number of fused-ring (bicyclic) bond motifs is 1. The Morgan fingerprint density at radius 3 is 2.70 bits per heavy atom. The highest BCUT2D eigenvalue weighted by Gasteiger charge is 2.09. The number of H-pyrrole nitrogens is 1. The van der Waals surface area contributed by atoms with Crippen LogP contribution in [0.15, 0.2) is 42.5 Å². The van der Waals surface area contributed by atoms with Gasteiger partial charge in [0.2, 0.25) is 0 Å². The smallest absolute Gasteiger partial charge is 0.138 e. The molecule has 0 spiro atoms. The number of para-hydroxylation sites is 2. The number of anilines is 1. The van der Waals surface area contributed by atoms with E-state index in [-0.39, 0.29) is 0 Å². The average Bonchev–Trinajstić information content (AvgIpc) is 2.99. The van der Waals surface area contributed by atoms with Gasteiger partial charge in [0, 0.05) is 31.6 Å². The summed E-state index contributed by atoms with van der Waals surface area (Å²) in [4.78, 5) is 10.2. The van der Waals surface area contributed by atoms with Crippen molar-refractivity contribution in [2.24, 2.45) is 0 Å². The van der Waals surface area contributed by atoms with E-state index in [1.165, 1.54) is 0 Å². The molecule has 0 aliphatic heterocycles. The molecule has 0 bridgehead atoms. The highest BCUT2D eigenvalue weighted by atomic mass is 15.1. The number of hydrogen-bond acceptors (Lipinski definition) is 2. The van der Waals surface area contributed by atoms with Crippen molar-refractivity contribution in [1.82, 2.24) is 9.97 Å². The lowest BCUT2D eigenvalue weighted by Crippen LogP contribution is -2.10. The number of unbranched alkanes of at least 4 members (excludes halogenated alkanes) is 1. The Morgan fingerprint density at radius 1 is 1.13 bits per heavy atom. The Hall–Kier alpha value is -2.73. The van der Waals surface area contributed by atoms with E-state index in [4.69, 9.17) is 0 Å². The molecule has 3 aromatic rings. The van der Waals surface area contributed by atoms with Gasteiger partial charge in [-0.1, -0.05) is 30.9 Å². The second kappa shape index (κ2) is 6.58. The van der Waals surface area contributed by atoms with Crippen LogP contribution in [0, 0.1) is 11.8 Å². The van der Waals surface area contributed by atoms with Crippen LogP contribution < -0.4 is 4.90 Å². The van der Waals surface area contributed by atoms with Crippen molar-refractivity contribution in [3.63, 3.8) is 0 Å². The molecule has 0 aliphatic carbocycles. The summed E-state index contributed by atoms with van der Waals surface area (Å²) in [7, 11) is 4.09. The molecule has 0 fully saturated rings. The number of benzene rings is 2. The molecule has 1 N–H and O–H groups in total. The van der Waals surface area contributed by atoms with Gasteiger partial charge in [-0.2, -0.15) is 0 Å². The topological polar surface area (TPSA) is 31.9 Å². The second-order valence-electron chi connectivity index (χ2n) is 5.78. The first-order valence-electron chi connectivity index (χ1n) is 7.94. The minimum absolute atomic E-state index is 0.884. The lowest BCUT2D eigenvalue weighted by Gasteiger charge is -2.15. The van der Waals surface area contributed by atoms with Gasteiger partial charge in [-0.05, 0) is 36.8 Å². The molecule has 116 valence electrons. The summed E-state index contributed by atoms with van der Waals surface area (Å²) < 4.78 is 0. The molecule has 0 aliphatic rings. The molecule has 0 amide bonds. The molecule has 23 heavy (non-hydrogen) atoms. The number of rotatable bonds is 3. The summed E-state index contributed by atoms with van der Waals surface area (Å²) in [6.07, 6.45) is 2.00. The second-order valence-corrected chi connectivity index (χ2v) is 5.78. The van der Waals surface area contributed by atoms with Gasteiger partial charge in [0.05, 0.1) is 16.7 Å². The Morgan fingerprint density at radius 2 is 1.96 bits per heavy atom. The largest absolute Gasteiger partial charge is 0.377 e. The summed E-state index contributed by atoms with van der Waals surface area (Å²) in [6.45, 7) is 2.15. The SMILES string of the molecule is CCCC#Cc1cc(-c2nc3ccccc3[nH]2)ccc1N(C)C. The molecule has 0 saturated heterocycles. The van der Waals surface area contributed by atoms with E-state index in [1.54, 1.807) is 0 Å². The van der Waals surface area contributed by atoms with E-state index in [0.29, 0.717) is 0 Å². The Bertz CT molecular complexity index is 846. The lowest BCUT2D eigenvalue weighted by molar-refractivity contribution is 0.983. The van der Waals surface area contributed by atoms with Crippen LogP contribution in [0.3, 0.4) is 0 Å². The average molecular weight is 303 g/mol. The molecule has 2 aromatic carbocycles. The van der Waals surface area contributed by atoms with Crippen LogP contribution in [0.1, 0.15) is 25.3 Å². The third-order valence-electron chi connectivity index (χ3n) is 3.74. The normalized spacial score (nSPS) is 10.4. The monoisotopic (exact) mass is 303 g/mol. The Kier molecular flexibility index (Phi) is 4.34. The molecular formula is C20H21N3. The van der Waals surface area contributed by atoms with E-state index in [9.17, 15) is 0 Å². The van der Waals surface area contributed by atoms with Crippen molar-refractivity contribution in [1.29, 1.82) is 0 Å². The first-order chi connectivity index (χ1) is 11.2. The number of nitrogens with one attached hydrogen (secondary N) is 1. The molecule has 1 aromatic heterocycles. The molecule has 3 heteroatoms. The zero-order valence-electron chi connectivity index (χ0n) is 13.9. The van der Waals surface area contributed by atoms with Crippen molar-refractivity contribution < 1.29 is 0 Å². The van der Waals surface area contributed by atoms with E-state index in [0.717, 1.165) is 46.5 Å². The quantitative estimate of drug-likeness (QED) is 0.725. The molecule has 3 rings (SSSR count). The molecule has 0 unspecified atom stereocenters. The maximum atomic E-state index is 4.68. The van der Waals surface area contributed by atoms with E-state index in [2.05, 4.69) is 51.8 Å². The third kappa shape index (κ3) is 3.22. The van der Waals surface area contributed by atoms with Crippen LogP contribution in [-0.4, -0.2) is 24.1 Å². The zero-order chi connectivity index (χ0) is 16.2. The molecule has 0 radical (unpaired) electrons. The van der Waals surface area contributed by atoms with Gasteiger partial charge in [0.1, 0.15) is 5.82 Å². The number of imidazole rings is 1. The number of aromatic amines is 1. The van der Waals surface area contributed by atoms with Gasteiger partial charge in [-0.15, -0.1) is 0 Å². The van der Waals surface area contributed by atoms with Crippen molar-refractivity contribution in [3.05, 3.63) is 48.0 Å². The lowest BCUT2D eigenvalue weighted by atomic mass is 10.1. The van der Waals surface area contributed by atoms with Crippen LogP contribution in [0.2, 0.25) is 0 Å². The predicted octanol–water partition coefficient (Wildman–Crippen LogP) is 4.45. The maximum absolute atomic E-state index is 4.68. The number of aromatic nitrogens is 2. The van der Waals surface area contributed by atoms with Crippen molar-refractivity contribution >= 4 is 16.7 Å². The van der Waals surface area contributed by atoms with Crippen LogP contribution in [-0.2, 0) is 0 Å². The number of nitrogens with zero attached hydrogens (tertiary/aromatic N) is 2. The van der Waals surface area contributed by atoms with Gasteiger partial charge >= 0.3 is 0 Å². The highest BCUT2D eigenvalue weighted by molar-refractivity contribution is 5.80. The minimum Gasteiger partial charge on any atom is -0.377 e. The number of hydrogen-bond donors (Lipinski definition) is 1. The Labute approximate surface area is 137 Å². The fourth-order valence-corrected chi connectivity index (χ4v) is 2.55. The summed E-state index contributed by atoms with van der Waals surface area (Å²) >= 11 is 0. The van der Waals surface area contributed by atoms with Gasteiger partial charge in [-0.25, -0.2) is 4.98 Å². The standard InChI is InChI=1S/C20H21N3/c1-4-5-6-9-15-14-16(12-13-19(15)23(2)3)20-21-17-10-7-8-11-18(17)22-20/h7-8,10-14H,4-5H2,1-3H3,(H,21,22). The molecule has 3 nitrogen and oxygen atoms in total. The van der Waals surface area contributed by atoms with Crippen molar-refractivity contribution in [2.75, 3.05) is 19.0 Å². The maximum Gasteiger partial charge on any atom is 0.138 e. The minimum atomic E-state index is 0.884. The van der Waals surface area contributed by atoms with Crippen LogP contribution in [0.25, 0.3) is 22.4 Å². The van der Waals surface area contributed by atoms with Crippen LogP contribution in [0.5, 0.6) is 0 Å². The highest BCUT2D eigenvalue weighted by Crippen LogP contribution is 2.26. The Balaban J connectivity index is 2.06. The van der Waals surface area contributed by atoms with Gasteiger partial charge in [-0.3, -0.25) is 0 Å². The molecule has 0 saturated carbocycles. The summed E-state index contributed by atoms with van der Waals surface area (Å²) in [5, 5.41) is 0. The molecule has 0 atom stereocenters. The zero-order valence-corrected chi connectivity index (χ0v) is 13.9. The van der Waals surface area contributed by atoms with E-state index < -0.39 is 0 Å². The van der Waals surface area contributed by atoms with Crippen molar-refractivity contribution in [2.45, 2.75) is 19.8 Å². The fraction of sp³-hybridized carbons (Fsp3) is 0.250. The molecule has 1 heterocycles. The van der Waals surface area contributed by atoms with Crippen molar-refractivity contribution in [3.8, 4) is 23.2 Å². The molecular weight excluding hydrogens is 282 g/mol. The first-order valence-corrected chi connectivity index (χ1v) is 7.94. The van der Waals surface area contributed by atoms with Crippen LogP contribution in [0.4, 0.5) is 5.69 Å². The predicted molar refractivity (Wildman–Crippen MR) is 97.6 cm³/mol. The van der Waals surface area contributed by atoms with Gasteiger partial charge < -0.3 is 9.88 Å². The van der Waals surface area contributed by atoms with Crippen LogP contribution >= 0.6 is 0 Å².